The van der Waals surface area contributed by atoms with Crippen LogP contribution in [0.3, 0.4) is 0 Å². The Bertz CT molecular complexity index is 2510. The molecule has 3 unspecified atom stereocenters. The van der Waals surface area contributed by atoms with E-state index in [0.717, 1.165) is 12.8 Å². The summed E-state index contributed by atoms with van der Waals surface area (Å²) in [6.07, 6.45) is 4.78. The molecule has 7 aromatic carbocycles. The van der Waals surface area contributed by atoms with Crippen molar-refractivity contribution in [2.75, 3.05) is 9.80 Å². The molecule has 0 aliphatic heterocycles. The summed E-state index contributed by atoms with van der Waals surface area (Å²) in [7, 11) is 0. The van der Waals surface area contributed by atoms with Crippen LogP contribution in [0.4, 0.5) is 34.1 Å². The first-order valence-corrected chi connectivity index (χ1v) is 19.8. The van der Waals surface area contributed by atoms with Crippen molar-refractivity contribution >= 4 is 34.1 Å². The van der Waals surface area contributed by atoms with Gasteiger partial charge in [0.15, 0.2) is 0 Å². The van der Waals surface area contributed by atoms with E-state index in [4.69, 9.17) is 0 Å². The molecule has 4 aliphatic rings. The maximum atomic E-state index is 2.59. The molecule has 0 saturated heterocycles. The van der Waals surface area contributed by atoms with E-state index in [-0.39, 0.29) is 10.8 Å². The van der Waals surface area contributed by atoms with E-state index in [9.17, 15) is 0 Å². The van der Waals surface area contributed by atoms with Crippen molar-refractivity contribution in [3.8, 4) is 11.1 Å². The van der Waals surface area contributed by atoms with Gasteiger partial charge in [-0.2, -0.15) is 0 Å². The summed E-state index contributed by atoms with van der Waals surface area (Å²) >= 11 is 0. The summed E-state index contributed by atoms with van der Waals surface area (Å²) in [6.45, 7) is 4.78. The average molecular weight is 697 g/mol. The van der Waals surface area contributed by atoms with Crippen LogP contribution in [0.1, 0.15) is 60.1 Å². The highest BCUT2D eigenvalue weighted by molar-refractivity contribution is 5.89. The molecule has 1 fully saturated rings. The summed E-state index contributed by atoms with van der Waals surface area (Å²) in [5.74, 6) is 1.11. The van der Waals surface area contributed by atoms with Gasteiger partial charge in [0.05, 0.1) is 11.4 Å². The summed E-state index contributed by atoms with van der Waals surface area (Å²) in [5.41, 5.74) is 19.0. The van der Waals surface area contributed by atoms with Crippen molar-refractivity contribution in [2.24, 2.45) is 11.8 Å². The van der Waals surface area contributed by atoms with Crippen molar-refractivity contribution in [1.29, 1.82) is 0 Å². The van der Waals surface area contributed by atoms with Crippen LogP contribution in [0.2, 0.25) is 0 Å². The molecule has 11 rings (SSSR count). The zero-order valence-corrected chi connectivity index (χ0v) is 31.0. The molecule has 4 aliphatic carbocycles. The third kappa shape index (κ3) is 4.34. The van der Waals surface area contributed by atoms with Crippen LogP contribution in [0.15, 0.2) is 170 Å². The molecule has 0 heterocycles. The molecular formula is C52H44N2. The second-order valence-electron chi connectivity index (χ2n) is 16.4. The highest BCUT2D eigenvalue weighted by atomic mass is 15.2. The lowest BCUT2D eigenvalue weighted by Gasteiger charge is -2.40. The first-order chi connectivity index (χ1) is 26.5. The van der Waals surface area contributed by atoms with E-state index in [2.05, 4.69) is 194 Å². The Kier molecular flexibility index (Phi) is 6.93. The van der Waals surface area contributed by atoms with Gasteiger partial charge in [-0.1, -0.05) is 123 Å². The van der Waals surface area contributed by atoms with E-state index >= 15 is 0 Å². The Hall–Kier alpha value is -5.86. The van der Waals surface area contributed by atoms with Crippen LogP contribution < -0.4 is 9.80 Å². The number of benzene rings is 7. The van der Waals surface area contributed by atoms with Gasteiger partial charge in [-0.05, 0) is 143 Å². The predicted octanol–water partition coefficient (Wildman–Crippen LogP) is 13.4. The van der Waals surface area contributed by atoms with Gasteiger partial charge in [0.2, 0.25) is 0 Å². The molecule has 3 atom stereocenters. The van der Waals surface area contributed by atoms with Gasteiger partial charge < -0.3 is 9.80 Å². The highest BCUT2D eigenvalue weighted by Crippen LogP contribution is 2.69. The normalized spacial score (nSPS) is 20.7. The van der Waals surface area contributed by atoms with Gasteiger partial charge in [-0.15, -0.1) is 0 Å². The molecule has 0 N–H and O–H groups in total. The van der Waals surface area contributed by atoms with E-state index in [1.165, 1.54) is 80.3 Å². The molecule has 1 spiro atoms. The lowest BCUT2D eigenvalue weighted by Crippen LogP contribution is -2.34. The Labute approximate surface area is 319 Å². The van der Waals surface area contributed by atoms with Crippen LogP contribution >= 0.6 is 0 Å². The average Bonchev–Trinajstić information content (AvgIpc) is 3.91. The van der Waals surface area contributed by atoms with Gasteiger partial charge in [0.1, 0.15) is 0 Å². The van der Waals surface area contributed by atoms with Crippen LogP contribution in [-0.2, 0) is 23.7 Å². The molecular weight excluding hydrogens is 653 g/mol. The Morgan fingerprint density at radius 2 is 0.889 bits per heavy atom. The van der Waals surface area contributed by atoms with Crippen molar-refractivity contribution in [3.05, 3.63) is 203 Å². The smallest absolute Gasteiger partial charge is 0.0505 e. The molecule has 0 radical (unpaired) electrons. The first-order valence-electron chi connectivity index (χ1n) is 19.8. The predicted molar refractivity (Wildman–Crippen MR) is 224 cm³/mol. The van der Waals surface area contributed by atoms with Gasteiger partial charge in [-0.25, -0.2) is 0 Å². The fraction of sp³-hybridized carbons (Fsp3) is 0.192. The third-order valence-corrected chi connectivity index (χ3v) is 13.5. The largest absolute Gasteiger partial charge is 0.310 e. The summed E-state index contributed by atoms with van der Waals surface area (Å²) < 4.78 is 0. The molecule has 54 heavy (non-hydrogen) atoms. The van der Waals surface area contributed by atoms with Gasteiger partial charge in [0.25, 0.3) is 0 Å². The standard InChI is InChI=1S/C52H44N2/c1-51(2)45-25-13-12-24-43(45)44-31-30-42(34-46(44)51)54(41-22-10-5-11-23-41)48-27-15-17-36-33-38-29-28-37-32-35-16-14-26-47(49(35)52(37,38)50(36)48)53(39-18-6-3-7-19-39)40-20-8-4-9-21-40/h3-27,30-31,34,37-38H,28-29,32-33H2,1-2H3. The number of para-hydroxylation sites is 3. The Morgan fingerprint density at radius 1 is 0.426 bits per heavy atom. The molecule has 0 amide bonds. The minimum Gasteiger partial charge on any atom is -0.310 e. The van der Waals surface area contributed by atoms with Crippen molar-refractivity contribution in [1.82, 2.24) is 0 Å². The fourth-order valence-corrected chi connectivity index (χ4v) is 11.4. The quantitative estimate of drug-likeness (QED) is 0.171. The number of nitrogens with zero attached hydrogens (tertiary/aromatic N) is 2. The second-order valence-corrected chi connectivity index (χ2v) is 16.4. The van der Waals surface area contributed by atoms with Gasteiger partial charge >= 0.3 is 0 Å². The Balaban J connectivity index is 1.16. The van der Waals surface area contributed by atoms with Crippen molar-refractivity contribution in [3.63, 3.8) is 0 Å². The number of fused-ring (bicyclic) bond motifs is 5. The summed E-state index contributed by atoms with van der Waals surface area (Å²) in [4.78, 5) is 5.12. The SMILES string of the molecule is CC1(C)c2ccccc2-c2ccc(N(c3ccccc3)c3cccc4c3C35c6c(cccc6N(c6ccccc6)c6ccccc6)CC3CCC5C4)cc21. The maximum Gasteiger partial charge on any atom is 0.0505 e. The topological polar surface area (TPSA) is 6.48 Å². The van der Waals surface area contributed by atoms with Crippen LogP contribution in [0.5, 0.6) is 0 Å². The maximum absolute atomic E-state index is 2.59. The monoisotopic (exact) mass is 696 g/mol. The van der Waals surface area contributed by atoms with Crippen LogP contribution in [0.25, 0.3) is 11.1 Å². The molecule has 0 bridgehead atoms. The van der Waals surface area contributed by atoms with Crippen molar-refractivity contribution < 1.29 is 0 Å². The van der Waals surface area contributed by atoms with Crippen molar-refractivity contribution in [2.45, 2.75) is 50.4 Å². The number of anilines is 6. The Morgan fingerprint density at radius 3 is 1.43 bits per heavy atom. The zero-order valence-electron chi connectivity index (χ0n) is 31.0. The second kappa shape index (κ2) is 11.8. The minimum atomic E-state index is -0.0844. The summed E-state index contributed by atoms with van der Waals surface area (Å²) in [6, 6.07) is 63.7. The highest BCUT2D eigenvalue weighted by Gasteiger charge is 2.62. The minimum absolute atomic E-state index is 0.0825. The number of hydrogen-bond acceptors (Lipinski definition) is 2. The van der Waals surface area contributed by atoms with Crippen LogP contribution in [-0.4, -0.2) is 0 Å². The molecule has 262 valence electrons. The zero-order chi connectivity index (χ0) is 36.0. The number of rotatable bonds is 6. The van der Waals surface area contributed by atoms with Crippen LogP contribution in [0, 0.1) is 11.8 Å². The molecule has 0 aromatic heterocycles. The molecule has 1 saturated carbocycles. The first kappa shape index (κ1) is 31.6. The lowest BCUT2D eigenvalue weighted by atomic mass is 9.68. The fourth-order valence-electron chi connectivity index (χ4n) is 11.4. The van der Waals surface area contributed by atoms with E-state index in [0.29, 0.717) is 11.8 Å². The van der Waals surface area contributed by atoms with Gasteiger partial charge in [0, 0.05) is 33.6 Å². The van der Waals surface area contributed by atoms with E-state index in [1.54, 1.807) is 11.1 Å². The molecule has 2 nitrogen and oxygen atoms in total. The molecule has 7 aromatic rings. The van der Waals surface area contributed by atoms with E-state index in [1.807, 2.05) is 0 Å². The van der Waals surface area contributed by atoms with E-state index < -0.39 is 0 Å². The lowest BCUT2D eigenvalue weighted by molar-refractivity contribution is 0.350. The summed E-state index contributed by atoms with van der Waals surface area (Å²) in [5, 5.41) is 0. The third-order valence-electron chi connectivity index (χ3n) is 13.5. The molecule has 2 heteroatoms. The van der Waals surface area contributed by atoms with Gasteiger partial charge in [-0.3, -0.25) is 0 Å². The number of hydrogen-bond donors (Lipinski definition) is 0.